The van der Waals surface area contributed by atoms with Gasteiger partial charge < -0.3 is 19.8 Å². The third-order valence-corrected chi connectivity index (χ3v) is 8.61. The minimum atomic E-state index is -1.81. The predicted octanol–water partition coefficient (Wildman–Crippen LogP) is 3.56. The van der Waals surface area contributed by atoms with Crippen molar-refractivity contribution in [2.75, 3.05) is 13.6 Å². The molecule has 3 N–H and O–H groups in total. The molecule has 1 saturated heterocycles. The smallest absolute Gasteiger partial charge is 0.179 e. The Hall–Kier alpha value is -2.46. The van der Waals surface area contributed by atoms with E-state index in [0.717, 1.165) is 30.4 Å². The lowest BCUT2D eigenvalue weighted by Gasteiger charge is -2.42. The van der Waals surface area contributed by atoms with Gasteiger partial charge in [0.05, 0.1) is 12.2 Å². The summed E-state index contributed by atoms with van der Waals surface area (Å²) >= 11 is 0. The standard InChI is InChI=1S/C27H33N3O3/c1-3-4-5-6-7-22-21-16-30(2)20-13-10-18(14-20)23-24(29)26(32,25(21)31)27(22,33-23)19-11-8-17(15-28)9-12-19/h3-6,8,11,20-22,25,29,31-32H,7,9-10,12-14,16H2,1-2H3/b4-3-,6-5-,23-18+,29-24?/t20?,21-,22-,25+,26+,27+/m1/s1. The molecule has 0 spiro atoms. The molecule has 6 bridgehead atoms. The second-order valence-electron chi connectivity index (χ2n) is 10.1. The lowest BCUT2D eigenvalue weighted by Crippen LogP contribution is -2.59. The highest BCUT2D eigenvalue weighted by atomic mass is 16.5. The molecular formula is C27H33N3O3. The van der Waals surface area contributed by atoms with Gasteiger partial charge in [0.2, 0.25) is 0 Å². The van der Waals surface area contributed by atoms with Crippen LogP contribution in [0.1, 0.15) is 45.4 Å². The van der Waals surface area contributed by atoms with E-state index in [1.54, 1.807) is 0 Å². The van der Waals surface area contributed by atoms with Crippen LogP contribution in [0.3, 0.4) is 0 Å². The summed E-state index contributed by atoms with van der Waals surface area (Å²) in [5, 5.41) is 42.4. The largest absolute Gasteiger partial charge is 0.477 e. The fourth-order valence-corrected chi connectivity index (χ4v) is 6.92. The molecule has 0 aromatic carbocycles. The monoisotopic (exact) mass is 447 g/mol. The molecule has 6 aliphatic rings. The first-order chi connectivity index (χ1) is 15.9. The number of nitrogens with zero attached hydrogens (tertiary/aromatic N) is 2. The minimum Gasteiger partial charge on any atom is -0.477 e. The molecule has 6 heteroatoms. The zero-order valence-electron chi connectivity index (χ0n) is 19.4. The van der Waals surface area contributed by atoms with Gasteiger partial charge in [-0.15, -0.1) is 0 Å². The van der Waals surface area contributed by atoms with Crippen molar-refractivity contribution in [1.29, 1.82) is 10.7 Å². The van der Waals surface area contributed by atoms with E-state index < -0.39 is 17.3 Å². The number of hydrogen-bond acceptors (Lipinski definition) is 6. The Kier molecular flexibility index (Phi) is 5.48. The second-order valence-corrected chi connectivity index (χ2v) is 10.1. The topological polar surface area (TPSA) is 101 Å². The molecule has 0 amide bonds. The summed E-state index contributed by atoms with van der Waals surface area (Å²) < 4.78 is 6.80. The number of aliphatic hydroxyl groups excluding tert-OH is 1. The van der Waals surface area contributed by atoms with Crippen molar-refractivity contribution in [3.63, 3.8) is 0 Å². The molecule has 3 aliphatic carbocycles. The van der Waals surface area contributed by atoms with Crippen LogP contribution in [0.15, 0.2) is 58.9 Å². The molecule has 0 radical (unpaired) electrons. The average molecular weight is 448 g/mol. The van der Waals surface area contributed by atoms with Crippen molar-refractivity contribution in [1.82, 2.24) is 4.90 Å². The Morgan fingerprint density at radius 3 is 2.82 bits per heavy atom. The highest BCUT2D eigenvalue weighted by molar-refractivity contribution is 6.08. The summed E-state index contributed by atoms with van der Waals surface area (Å²) in [6, 6.07) is 2.60. The summed E-state index contributed by atoms with van der Waals surface area (Å²) in [5.74, 6) is 0.0356. The maximum absolute atomic E-state index is 12.3. The van der Waals surface area contributed by atoms with Gasteiger partial charge in [0, 0.05) is 30.0 Å². The van der Waals surface area contributed by atoms with E-state index in [1.807, 2.05) is 37.3 Å². The summed E-state index contributed by atoms with van der Waals surface area (Å²) in [7, 11) is 2.11. The average Bonchev–Trinajstić information content (AvgIpc) is 3.44. The van der Waals surface area contributed by atoms with Crippen molar-refractivity contribution in [2.45, 2.75) is 68.8 Å². The molecule has 3 aliphatic heterocycles. The van der Waals surface area contributed by atoms with Crippen molar-refractivity contribution in [3.05, 3.63) is 58.9 Å². The molecule has 33 heavy (non-hydrogen) atoms. The summed E-state index contributed by atoms with van der Waals surface area (Å²) in [6.07, 6.45) is 15.1. The van der Waals surface area contributed by atoms with Crippen LogP contribution >= 0.6 is 0 Å². The van der Waals surface area contributed by atoms with Gasteiger partial charge in [-0.3, -0.25) is 5.41 Å². The molecule has 3 heterocycles. The van der Waals surface area contributed by atoms with E-state index in [9.17, 15) is 15.5 Å². The quantitative estimate of drug-likeness (QED) is 0.572. The predicted molar refractivity (Wildman–Crippen MR) is 126 cm³/mol. The highest BCUT2D eigenvalue weighted by Crippen LogP contribution is 2.63. The van der Waals surface area contributed by atoms with Crippen LogP contribution in [0.25, 0.3) is 0 Å². The number of allylic oxidation sites excluding steroid dienone is 7. The molecule has 3 fully saturated rings. The minimum absolute atomic E-state index is 0.0381. The number of ether oxygens (including phenoxy) is 1. The summed E-state index contributed by atoms with van der Waals surface area (Å²) in [4.78, 5) is 2.33. The lowest BCUT2D eigenvalue weighted by atomic mass is 9.70. The van der Waals surface area contributed by atoms with Crippen molar-refractivity contribution < 1.29 is 14.9 Å². The van der Waals surface area contributed by atoms with E-state index >= 15 is 0 Å². The van der Waals surface area contributed by atoms with E-state index in [0.29, 0.717) is 43.2 Å². The Balaban J connectivity index is 1.73. The fourth-order valence-electron chi connectivity index (χ4n) is 6.92. The van der Waals surface area contributed by atoms with Gasteiger partial charge in [-0.05, 0) is 69.7 Å². The Morgan fingerprint density at radius 2 is 2.12 bits per heavy atom. The van der Waals surface area contributed by atoms with Crippen LogP contribution in [0.5, 0.6) is 0 Å². The van der Waals surface area contributed by atoms with Gasteiger partial charge in [0.15, 0.2) is 11.2 Å². The summed E-state index contributed by atoms with van der Waals surface area (Å²) in [5.41, 5.74) is -0.310. The van der Waals surface area contributed by atoms with E-state index in [-0.39, 0.29) is 17.5 Å². The highest BCUT2D eigenvalue weighted by Gasteiger charge is 2.77. The van der Waals surface area contributed by atoms with Gasteiger partial charge in [0.1, 0.15) is 11.5 Å². The first-order valence-corrected chi connectivity index (χ1v) is 12.1. The molecular weight excluding hydrogens is 414 g/mol. The zero-order chi connectivity index (χ0) is 23.4. The Morgan fingerprint density at radius 1 is 1.30 bits per heavy atom. The van der Waals surface area contributed by atoms with Gasteiger partial charge in [0.25, 0.3) is 0 Å². The SMILES string of the molecule is C/C=C\C=C/C[C@@H]1[C@H]2CN(C)C3CC/C(=C4\O[C@]1(C1=CC=C(C#N)CC1)[C@](O)(C4=N)[C@H]2O)C3. The second kappa shape index (κ2) is 8.09. The zero-order valence-corrected chi connectivity index (χ0v) is 19.4. The van der Waals surface area contributed by atoms with Gasteiger partial charge in [-0.25, -0.2) is 0 Å². The Labute approximate surface area is 195 Å². The van der Waals surface area contributed by atoms with Crippen LogP contribution in [-0.2, 0) is 4.74 Å². The number of fused-ring (bicyclic) bond motifs is 1. The summed E-state index contributed by atoms with van der Waals surface area (Å²) in [6.45, 7) is 2.61. The van der Waals surface area contributed by atoms with Crippen LogP contribution in [0.2, 0.25) is 0 Å². The third kappa shape index (κ3) is 2.99. The lowest BCUT2D eigenvalue weighted by molar-refractivity contribution is -0.105. The third-order valence-electron chi connectivity index (χ3n) is 8.61. The van der Waals surface area contributed by atoms with Crippen LogP contribution < -0.4 is 0 Å². The van der Waals surface area contributed by atoms with E-state index in [2.05, 4.69) is 24.1 Å². The van der Waals surface area contributed by atoms with Crippen LogP contribution in [0, 0.1) is 28.6 Å². The molecule has 1 unspecified atom stereocenters. The number of rotatable bonds is 4. The number of hydrogen-bond donors (Lipinski definition) is 3. The van der Waals surface area contributed by atoms with E-state index in [4.69, 9.17) is 10.1 Å². The van der Waals surface area contributed by atoms with E-state index in [1.165, 1.54) is 0 Å². The number of aliphatic hydroxyl groups is 2. The molecule has 0 aromatic heterocycles. The molecule has 6 rings (SSSR count). The maximum Gasteiger partial charge on any atom is 0.179 e. The van der Waals surface area contributed by atoms with Gasteiger partial charge in [-0.2, -0.15) is 5.26 Å². The molecule has 174 valence electrons. The van der Waals surface area contributed by atoms with Crippen molar-refractivity contribution in [2.24, 2.45) is 11.8 Å². The van der Waals surface area contributed by atoms with Gasteiger partial charge in [-0.1, -0.05) is 30.4 Å². The van der Waals surface area contributed by atoms with Gasteiger partial charge >= 0.3 is 0 Å². The Bertz CT molecular complexity index is 1060. The number of nitriles is 1. The normalized spacial score (nSPS) is 42.7. The van der Waals surface area contributed by atoms with Crippen LogP contribution in [0.4, 0.5) is 0 Å². The molecule has 6 atom stereocenters. The first-order valence-electron chi connectivity index (χ1n) is 12.1. The maximum atomic E-state index is 12.3. The molecule has 0 aromatic rings. The van der Waals surface area contributed by atoms with Crippen molar-refractivity contribution in [3.8, 4) is 6.07 Å². The van der Waals surface area contributed by atoms with Crippen molar-refractivity contribution >= 4 is 5.71 Å². The first kappa shape index (κ1) is 22.3. The fraction of sp³-hybridized carbons (Fsp3) is 0.556. The number of nitrogens with one attached hydrogen (secondary N) is 1. The molecule has 6 nitrogen and oxygen atoms in total. The molecule has 2 saturated carbocycles. The van der Waals surface area contributed by atoms with Crippen LogP contribution in [-0.4, -0.2) is 57.8 Å².